The highest BCUT2D eigenvalue weighted by molar-refractivity contribution is 7.91. The van der Waals surface area contributed by atoms with Crippen LogP contribution in [0, 0.1) is 0 Å². The van der Waals surface area contributed by atoms with E-state index in [1.54, 1.807) is 0 Å². The SMILES string of the molecule is CC(C)NC(=S)NC1CCS(=O)(=O)CC1. The van der Waals surface area contributed by atoms with E-state index >= 15 is 0 Å². The Morgan fingerprint density at radius 2 is 1.87 bits per heavy atom. The highest BCUT2D eigenvalue weighted by atomic mass is 32.2. The second kappa shape index (κ2) is 5.12. The Morgan fingerprint density at radius 3 is 2.33 bits per heavy atom. The summed E-state index contributed by atoms with van der Waals surface area (Å²) in [6.07, 6.45) is 1.31. The first-order valence-corrected chi connectivity index (χ1v) is 7.39. The lowest BCUT2D eigenvalue weighted by Gasteiger charge is -2.25. The van der Waals surface area contributed by atoms with Crippen LogP contribution in [-0.4, -0.2) is 37.1 Å². The van der Waals surface area contributed by atoms with Gasteiger partial charge in [0.2, 0.25) is 0 Å². The van der Waals surface area contributed by atoms with E-state index in [4.69, 9.17) is 12.2 Å². The van der Waals surface area contributed by atoms with Crippen molar-refractivity contribution >= 4 is 27.2 Å². The molecular formula is C9H18N2O2S2. The van der Waals surface area contributed by atoms with Crippen molar-refractivity contribution in [3.8, 4) is 0 Å². The van der Waals surface area contributed by atoms with Crippen molar-refractivity contribution in [1.82, 2.24) is 10.6 Å². The molecule has 1 aliphatic heterocycles. The highest BCUT2D eigenvalue weighted by Crippen LogP contribution is 2.11. The van der Waals surface area contributed by atoms with Gasteiger partial charge in [-0.2, -0.15) is 0 Å². The molecule has 0 saturated carbocycles. The third-order valence-electron chi connectivity index (χ3n) is 2.31. The first-order chi connectivity index (χ1) is 6.89. The van der Waals surface area contributed by atoms with Gasteiger partial charge < -0.3 is 10.6 Å². The molecule has 1 aliphatic rings. The molecule has 15 heavy (non-hydrogen) atoms. The number of thiocarbonyl (C=S) groups is 1. The fourth-order valence-electron chi connectivity index (χ4n) is 1.52. The summed E-state index contributed by atoms with van der Waals surface area (Å²) >= 11 is 5.10. The maximum Gasteiger partial charge on any atom is 0.166 e. The molecule has 4 nitrogen and oxygen atoms in total. The lowest BCUT2D eigenvalue weighted by atomic mass is 10.2. The number of nitrogens with one attached hydrogen (secondary N) is 2. The number of hydrogen-bond donors (Lipinski definition) is 2. The molecule has 0 aromatic rings. The normalized spacial score (nSPS) is 21.3. The minimum Gasteiger partial charge on any atom is -0.361 e. The predicted octanol–water partition coefficient (Wildman–Crippen LogP) is 0.436. The quantitative estimate of drug-likeness (QED) is 0.696. The van der Waals surface area contributed by atoms with Gasteiger partial charge in [0.25, 0.3) is 0 Å². The molecule has 0 aliphatic carbocycles. The van der Waals surface area contributed by atoms with Gasteiger partial charge in [0.05, 0.1) is 11.5 Å². The Hall–Kier alpha value is -0.360. The second-order valence-electron chi connectivity index (χ2n) is 4.20. The summed E-state index contributed by atoms with van der Waals surface area (Å²) in [4.78, 5) is 0. The molecule has 0 aromatic carbocycles. The van der Waals surface area contributed by atoms with Gasteiger partial charge in [-0.05, 0) is 38.9 Å². The van der Waals surface area contributed by atoms with Crippen molar-refractivity contribution in [3.63, 3.8) is 0 Å². The molecule has 0 unspecified atom stereocenters. The van der Waals surface area contributed by atoms with Crippen LogP contribution in [0.3, 0.4) is 0 Å². The fourth-order valence-corrected chi connectivity index (χ4v) is 3.42. The van der Waals surface area contributed by atoms with Crippen molar-refractivity contribution in [1.29, 1.82) is 0 Å². The average Bonchev–Trinajstić information content (AvgIpc) is 2.07. The van der Waals surface area contributed by atoms with E-state index in [-0.39, 0.29) is 17.5 Å². The Labute approximate surface area is 96.7 Å². The van der Waals surface area contributed by atoms with Gasteiger partial charge in [0.1, 0.15) is 9.84 Å². The number of hydrogen-bond acceptors (Lipinski definition) is 3. The molecule has 6 heteroatoms. The zero-order valence-electron chi connectivity index (χ0n) is 9.12. The Bertz CT molecular complexity index is 311. The van der Waals surface area contributed by atoms with Gasteiger partial charge >= 0.3 is 0 Å². The topological polar surface area (TPSA) is 58.2 Å². The zero-order chi connectivity index (χ0) is 11.5. The van der Waals surface area contributed by atoms with Gasteiger partial charge in [-0.15, -0.1) is 0 Å². The van der Waals surface area contributed by atoms with Gasteiger partial charge in [0.15, 0.2) is 5.11 Å². The third kappa shape index (κ3) is 4.79. The lowest BCUT2D eigenvalue weighted by molar-refractivity contribution is 0.515. The smallest absolute Gasteiger partial charge is 0.166 e. The van der Waals surface area contributed by atoms with Crippen LogP contribution < -0.4 is 10.6 Å². The number of sulfone groups is 1. The van der Waals surface area contributed by atoms with E-state index in [1.165, 1.54) is 0 Å². The van der Waals surface area contributed by atoms with E-state index in [0.29, 0.717) is 24.0 Å². The molecule has 2 N–H and O–H groups in total. The van der Waals surface area contributed by atoms with Gasteiger partial charge in [-0.3, -0.25) is 0 Å². The van der Waals surface area contributed by atoms with E-state index in [0.717, 1.165) is 0 Å². The van der Waals surface area contributed by atoms with Crippen LogP contribution >= 0.6 is 12.2 Å². The molecule has 0 amide bonds. The zero-order valence-corrected chi connectivity index (χ0v) is 10.7. The largest absolute Gasteiger partial charge is 0.361 e. The number of rotatable bonds is 2. The van der Waals surface area contributed by atoms with Crippen molar-refractivity contribution in [2.24, 2.45) is 0 Å². The molecule has 1 heterocycles. The van der Waals surface area contributed by atoms with Crippen molar-refractivity contribution in [2.75, 3.05) is 11.5 Å². The molecule has 88 valence electrons. The molecule has 1 fully saturated rings. The van der Waals surface area contributed by atoms with Crippen LogP contribution in [0.2, 0.25) is 0 Å². The van der Waals surface area contributed by atoms with Crippen molar-refractivity contribution in [2.45, 2.75) is 38.8 Å². The highest BCUT2D eigenvalue weighted by Gasteiger charge is 2.23. The Morgan fingerprint density at radius 1 is 1.33 bits per heavy atom. The Balaban J connectivity index is 2.33. The summed E-state index contributed by atoms with van der Waals surface area (Å²) in [5, 5.41) is 6.85. The minimum atomic E-state index is -2.78. The second-order valence-corrected chi connectivity index (χ2v) is 6.91. The molecule has 1 saturated heterocycles. The monoisotopic (exact) mass is 250 g/mol. The van der Waals surface area contributed by atoms with E-state index in [9.17, 15) is 8.42 Å². The van der Waals surface area contributed by atoms with E-state index < -0.39 is 9.84 Å². The summed E-state index contributed by atoms with van der Waals surface area (Å²) in [5.41, 5.74) is 0. The summed E-state index contributed by atoms with van der Waals surface area (Å²) in [5.74, 6) is 0.546. The first-order valence-electron chi connectivity index (χ1n) is 5.16. The lowest BCUT2D eigenvalue weighted by Crippen LogP contribution is -2.47. The van der Waals surface area contributed by atoms with Gasteiger partial charge in [0, 0.05) is 12.1 Å². The maximum atomic E-state index is 11.2. The maximum absolute atomic E-state index is 11.2. The van der Waals surface area contributed by atoms with Crippen molar-refractivity contribution < 1.29 is 8.42 Å². The molecule has 0 spiro atoms. The summed E-state index contributed by atoms with van der Waals surface area (Å²) < 4.78 is 22.4. The average molecular weight is 250 g/mol. The van der Waals surface area contributed by atoms with Gasteiger partial charge in [-0.25, -0.2) is 8.42 Å². The van der Waals surface area contributed by atoms with Crippen molar-refractivity contribution in [3.05, 3.63) is 0 Å². The van der Waals surface area contributed by atoms with Crippen LogP contribution in [0.15, 0.2) is 0 Å². The van der Waals surface area contributed by atoms with Crippen LogP contribution in [0.1, 0.15) is 26.7 Å². The minimum absolute atomic E-state index is 0.201. The summed E-state index contributed by atoms with van der Waals surface area (Å²) in [6.45, 7) is 4.03. The van der Waals surface area contributed by atoms with E-state index in [2.05, 4.69) is 10.6 Å². The summed E-state index contributed by atoms with van der Waals surface area (Å²) in [6, 6.07) is 0.504. The van der Waals surface area contributed by atoms with Crippen LogP contribution in [0.4, 0.5) is 0 Å². The van der Waals surface area contributed by atoms with Crippen LogP contribution in [-0.2, 0) is 9.84 Å². The third-order valence-corrected chi connectivity index (χ3v) is 4.26. The molecule has 0 bridgehead atoms. The van der Waals surface area contributed by atoms with E-state index in [1.807, 2.05) is 13.8 Å². The van der Waals surface area contributed by atoms with Crippen LogP contribution in [0.5, 0.6) is 0 Å². The predicted molar refractivity (Wildman–Crippen MR) is 65.7 cm³/mol. The fraction of sp³-hybridized carbons (Fsp3) is 0.889. The molecule has 0 radical (unpaired) electrons. The molecule has 0 aromatic heterocycles. The molecular weight excluding hydrogens is 232 g/mol. The molecule has 0 atom stereocenters. The van der Waals surface area contributed by atoms with Crippen LogP contribution in [0.25, 0.3) is 0 Å². The Kier molecular flexibility index (Phi) is 4.33. The van der Waals surface area contributed by atoms with Gasteiger partial charge in [-0.1, -0.05) is 0 Å². The standard InChI is InChI=1S/C9H18N2O2S2/c1-7(2)10-9(14)11-8-3-5-15(12,13)6-4-8/h7-8H,3-6H2,1-2H3,(H2,10,11,14). The first kappa shape index (κ1) is 12.7. The summed E-state index contributed by atoms with van der Waals surface area (Å²) in [7, 11) is -2.78. The molecule has 1 rings (SSSR count).